The number of aliphatic carboxylic acids is 1. The Bertz CT molecular complexity index is 1040. The average Bonchev–Trinajstić information content (AvgIpc) is 3.15. The van der Waals surface area contributed by atoms with Crippen LogP contribution in [0.1, 0.15) is 51.3 Å². The van der Waals surface area contributed by atoms with Crippen LogP contribution < -0.4 is 10.2 Å². The third kappa shape index (κ3) is 3.63. The van der Waals surface area contributed by atoms with Gasteiger partial charge in [-0.3, -0.25) is 19.3 Å². The molecule has 1 aromatic heterocycles. The molecular weight excluding hydrogens is 384 g/mol. The van der Waals surface area contributed by atoms with E-state index in [9.17, 15) is 14.4 Å². The summed E-state index contributed by atoms with van der Waals surface area (Å²) in [5.74, 6) is -0.995. The van der Waals surface area contributed by atoms with Crippen molar-refractivity contribution in [2.75, 3.05) is 10.2 Å². The lowest BCUT2D eigenvalue weighted by molar-refractivity contribution is -0.138. The molecule has 0 spiro atoms. The molecule has 7 nitrogen and oxygen atoms in total. The van der Waals surface area contributed by atoms with Crippen molar-refractivity contribution in [1.29, 1.82) is 0 Å². The lowest BCUT2D eigenvalue weighted by Gasteiger charge is -2.36. The highest BCUT2D eigenvalue weighted by Gasteiger charge is 2.44. The van der Waals surface area contributed by atoms with Gasteiger partial charge in [-0.15, -0.1) is 0 Å². The van der Waals surface area contributed by atoms with Crippen LogP contribution in [0.4, 0.5) is 11.4 Å². The summed E-state index contributed by atoms with van der Waals surface area (Å²) < 4.78 is 5.67. The minimum atomic E-state index is -1.05. The van der Waals surface area contributed by atoms with Crippen LogP contribution in [0.25, 0.3) is 0 Å². The van der Waals surface area contributed by atoms with E-state index in [1.54, 1.807) is 18.2 Å². The van der Waals surface area contributed by atoms with Gasteiger partial charge >= 0.3 is 5.97 Å². The fourth-order valence-electron chi connectivity index (χ4n) is 4.31. The third-order valence-electron chi connectivity index (χ3n) is 5.53. The maximum Gasteiger partial charge on any atom is 0.303 e. The Morgan fingerprint density at radius 2 is 1.93 bits per heavy atom. The molecular formula is C23H24N2O5. The molecule has 2 N–H and O–H groups in total. The molecule has 0 fully saturated rings. The van der Waals surface area contributed by atoms with E-state index < -0.39 is 12.0 Å². The number of anilines is 2. The smallest absolute Gasteiger partial charge is 0.303 e. The Kier molecular flexibility index (Phi) is 4.97. The molecule has 0 bridgehead atoms. The summed E-state index contributed by atoms with van der Waals surface area (Å²) in [5.41, 5.74) is 2.36. The van der Waals surface area contributed by atoms with E-state index >= 15 is 0 Å². The number of carboxylic acids is 1. The highest BCUT2D eigenvalue weighted by atomic mass is 16.4. The number of Topliss-reactive ketones (excluding diaryl/α,β-unsaturated/α-hetero) is 1. The van der Waals surface area contributed by atoms with Crippen LogP contribution in [0.5, 0.6) is 0 Å². The fraction of sp³-hybridized carbons (Fsp3) is 0.348. The van der Waals surface area contributed by atoms with Crippen molar-refractivity contribution < 1.29 is 23.9 Å². The SMILES string of the molecule is CC1(C)CC(=O)C2=C(C1)Nc1ccccc1N(C(=O)CCC(=O)O)C2c1ccco1. The second-order valence-corrected chi connectivity index (χ2v) is 8.55. The molecule has 1 aliphatic carbocycles. The normalized spacial score (nSPS) is 20.1. The van der Waals surface area contributed by atoms with E-state index in [1.807, 2.05) is 32.0 Å². The lowest BCUT2D eigenvalue weighted by atomic mass is 9.74. The highest BCUT2D eigenvalue weighted by Crippen LogP contribution is 2.48. The zero-order valence-electron chi connectivity index (χ0n) is 17.0. The van der Waals surface area contributed by atoms with Gasteiger partial charge in [-0.1, -0.05) is 26.0 Å². The van der Waals surface area contributed by atoms with Crippen molar-refractivity contribution in [3.05, 3.63) is 59.7 Å². The summed E-state index contributed by atoms with van der Waals surface area (Å²) in [6.45, 7) is 4.09. The van der Waals surface area contributed by atoms with Crippen LogP contribution in [0, 0.1) is 5.41 Å². The summed E-state index contributed by atoms with van der Waals surface area (Å²) in [5, 5.41) is 12.5. The summed E-state index contributed by atoms with van der Waals surface area (Å²) in [6, 6.07) is 10.0. The molecule has 7 heteroatoms. The van der Waals surface area contributed by atoms with Crippen LogP contribution >= 0.6 is 0 Å². The predicted octanol–water partition coefficient (Wildman–Crippen LogP) is 4.29. The number of carbonyl (C=O) groups is 3. The first-order valence-electron chi connectivity index (χ1n) is 9.96. The van der Waals surface area contributed by atoms with E-state index in [4.69, 9.17) is 9.52 Å². The van der Waals surface area contributed by atoms with Crippen LogP contribution in [0.3, 0.4) is 0 Å². The zero-order valence-corrected chi connectivity index (χ0v) is 17.0. The van der Waals surface area contributed by atoms with Crippen molar-refractivity contribution in [3.63, 3.8) is 0 Å². The van der Waals surface area contributed by atoms with Gasteiger partial charge in [0.05, 0.1) is 24.1 Å². The van der Waals surface area contributed by atoms with Gasteiger partial charge in [0.25, 0.3) is 0 Å². The van der Waals surface area contributed by atoms with Crippen LogP contribution in [-0.4, -0.2) is 22.8 Å². The molecule has 1 unspecified atom stereocenters. The molecule has 0 saturated carbocycles. The fourth-order valence-corrected chi connectivity index (χ4v) is 4.31. The Labute approximate surface area is 174 Å². The number of nitrogens with zero attached hydrogens (tertiary/aromatic N) is 1. The number of amides is 1. The Morgan fingerprint density at radius 1 is 1.17 bits per heavy atom. The first-order valence-corrected chi connectivity index (χ1v) is 9.96. The van der Waals surface area contributed by atoms with Crippen molar-refractivity contribution in [2.45, 2.75) is 45.6 Å². The molecule has 30 heavy (non-hydrogen) atoms. The van der Waals surface area contributed by atoms with Crippen LogP contribution in [0.2, 0.25) is 0 Å². The van der Waals surface area contributed by atoms with Crippen LogP contribution in [0.15, 0.2) is 58.3 Å². The Morgan fingerprint density at radius 3 is 2.63 bits per heavy atom. The Hall–Kier alpha value is -3.35. The molecule has 0 radical (unpaired) electrons. The molecule has 4 rings (SSSR count). The number of rotatable bonds is 4. The topological polar surface area (TPSA) is 99.9 Å². The number of allylic oxidation sites excluding steroid dienone is 1. The van der Waals surface area contributed by atoms with E-state index in [0.717, 1.165) is 5.70 Å². The van der Waals surface area contributed by atoms with Gasteiger partial charge < -0.3 is 14.8 Å². The maximum atomic E-state index is 13.3. The minimum absolute atomic E-state index is 0.0426. The second-order valence-electron chi connectivity index (χ2n) is 8.55. The number of carbonyl (C=O) groups excluding carboxylic acids is 2. The molecule has 156 valence electrons. The van der Waals surface area contributed by atoms with Gasteiger partial charge in [-0.05, 0) is 36.1 Å². The van der Waals surface area contributed by atoms with Gasteiger partial charge in [0, 0.05) is 24.1 Å². The quantitative estimate of drug-likeness (QED) is 0.783. The maximum absolute atomic E-state index is 13.3. The monoisotopic (exact) mass is 408 g/mol. The highest BCUT2D eigenvalue weighted by molar-refractivity contribution is 6.06. The predicted molar refractivity (Wildman–Crippen MR) is 111 cm³/mol. The minimum Gasteiger partial charge on any atom is -0.481 e. The number of hydrogen-bond acceptors (Lipinski definition) is 5. The lowest BCUT2D eigenvalue weighted by Crippen LogP contribution is -2.39. The summed E-state index contributed by atoms with van der Waals surface area (Å²) in [4.78, 5) is 39.2. The summed E-state index contributed by atoms with van der Waals surface area (Å²) >= 11 is 0. The van der Waals surface area contributed by atoms with Gasteiger partial charge in [0.15, 0.2) is 5.78 Å². The van der Waals surface area contributed by atoms with Crippen molar-refractivity contribution in [2.24, 2.45) is 5.41 Å². The summed E-state index contributed by atoms with van der Waals surface area (Å²) in [7, 11) is 0. The number of fused-ring (bicyclic) bond motifs is 1. The standard InChI is InChI=1S/C23H24N2O5/c1-23(2)12-15-21(17(26)13-23)22(18-8-5-11-30-18)25(19(27)9-10-20(28)29)16-7-4-3-6-14(16)24-15/h3-8,11,22,24H,9-10,12-13H2,1-2H3,(H,28,29). The Balaban J connectivity index is 1.92. The van der Waals surface area contributed by atoms with Crippen molar-refractivity contribution >= 4 is 29.0 Å². The first-order chi connectivity index (χ1) is 14.3. The number of hydrogen-bond donors (Lipinski definition) is 2. The number of carboxylic acid groups (broad SMARTS) is 1. The molecule has 2 aliphatic rings. The average molecular weight is 408 g/mol. The number of furan rings is 1. The van der Waals surface area contributed by atoms with Gasteiger partial charge in [0.1, 0.15) is 11.8 Å². The molecule has 2 aromatic rings. The van der Waals surface area contributed by atoms with Crippen molar-refractivity contribution in [3.8, 4) is 0 Å². The second kappa shape index (κ2) is 7.48. The van der Waals surface area contributed by atoms with E-state index in [0.29, 0.717) is 35.5 Å². The largest absolute Gasteiger partial charge is 0.481 e. The molecule has 0 saturated heterocycles. The van der Waals surface area contributed by atoms with Gasteiger partial charge in [0.2, 0.25) is 5.91 Å². The zero-order chi connectivity index (χ0) is 21.5. The number of ketones is 1. The summed E-state index contributed by atoms with van der Waals surface area (Å²) in [6.07, 6.45) is 2.05. The first kappa shape index (κ1) is 19.9. The number of benzene rings is 1. The molecule has 1 amide bonds. The molecule has 1 aromatic carbocycles. The van der Waals surface area contributed by atoms with Gasteiger partial charge in [-0.25, -0.2) is 0 Å². The van der Waals surface area contributed by atoms with E-state index in [1.165, 1.54) is 11.2 Å². The molecule has 1 aliphatic heterocycles. The van der Waals surface area contributed by atoms with E-state index in [-0.39, 0.29) is 29.9 Å². The number of para-hydroxylation sites is 2. The molecule has 1 atom stereocenters. The third-order valence-corrected chi connectivity index (χ3v) is 5.53. The van der Waals surface area contributed by atoms with Gasteiger partial charge in [-0.2, -0.15) is 0 Å². The number of nitrogens with one attached hydrogen (secondary N) is 1. The van der Waals surface area contributed by atoms with E-state index in [2.05, 4.69) is 5.32 Å². The van der Waals surface area contributed by atoms with Crippen LogP contribution in [-0.2, 0) is 14.4 Å². The molecule has 2 heterocycles. The van der Waals surface area contributed by atoms with Crippen molar-refractivity contribution in [1.82, 2.24) is 0 Å².